The number of nitrogens with one attached hydrogen (secondary N) is 2. The summed E-state index contributed by atoms with van der Waals surface area (Å²) in [5.41, 5.74) is 2.71. The van der Waals surface area contributed by atoms with E-state index < -0.39 is 0 Å². The van der Waals surface area contributed by atoms with E-state index in [0.717, 1.165) is 27.7 Å². The van der Waals surface area contributed by atoms with Gasteiger partial charge in [0.15, 0.2) is 5.84 Å². The minimum absolute atomic E-state index is 0.263. The Kier molecular flexibility index (Phi) is 3.05. The van der Waals surface area contributed by atoms with Gasteiger partial charge in [-0.1, -0.05) is 24.3 Å². The van der Waals surface area contributed by atoms with E-state index in [-0.39, 0.29) is 11.7 Å². The van der Waals surface area contributed by atoms with Crippen LogP contribution in [0, 0.1) is 6.92 Å². The Morgan fingerprint density at radius 1 is 1.13 bits per heavy atom. The van der Waals surface area contributed by atoms with Crippen LogP contribution in [0.1, 0.15) is 5.56 Å². The highest BCUT2D eigenvalue weighted by molar-refractivity contribution is 6.48. The van der Waals surface area contributed by atoms with Crippen molar-refractivity contribution in [3.05, 3.63) is 60.3 Å². The molecule has 0 aliphatic carbocycles. The molecule has 0 unspecified atom stereocenters. The van der Waals surface area contributed by atoms with Crippen molar-refractivity contribution in [1.29, 1.82) is 0 Å². The van der Waals surface area contributed by atoms with Crippen molar-refractivity contribution in [3.63, 3.8) is 0 Å². The van der Waals surface area contributed by atoms with Crippen molar-refractivity contribution >= 4 is 39.7 Å². The number of amidine groups is 1. The molecule has 1 aromatic heterocycles. The number of aliphatic imine (C=N–C) groups is 1. The number of amides is 1. The predicted molar refractivity (Wildman–Crippen MR) is 92.3 cm³/mol. The predicted octanol–water partition coefficient (Wildman–Crippen LogP) is 3.64. The molecule has 0 fully saturated rings. The van der Waals surface area contributed by atoms with Crippen LogP contribution in [-0.2, 0) is 4.79 Å². The molecule has 112 valence electrons. The fourth-order valence-electron chi connectivity index (χ4n) is 2.68. The maximum Gasteiger partial charge on any atom is 0.292 e. The topological polar surface area (TPSA) is 66.4 Å². The third-order valence-corrected chi connectivity index (χ3v) is 3.74. The van der Waals surface area contributed by atoms with Gasteiger partial charge in [-0.3, -0.25) is 4.79 Å². The van der Waals surface area contributed by atoms with E-state index in [9.17, 15) is 4.79 Å². The normalized spacial score (nSPS) is 12.5. The van der Waals surface area contributed by atoms with Gasteiger partial charge in [0.2, 0.25) is 0 Å². The van der Waals surface area contributed by atoms with Crippen LogP contribution in [-0.4, -0.2) is 16.7 Å². The smallest absolute Gasteiger partial charge is 0.292 e. The number of carbonyl (C=O) groups is 1. The zero-order valence-electron chi connectivity index (χ0n) is 12.5. The summed E-state index contributed by atoms with van der Waals surface area (Å²) in [4.78, 5) is 21.1. The Morgan fingerprint density at radius 3 is 2.78 bits per heavy atom. The molecule has 0 radical (unpaired) electrons. The molecular formula is C18H14N4O. The lowest BCUT2D eigenvalue weighted by molar-refractivity contribution is -0.110. The Balaban J connectivity index is 1.69. The van der Waals surface area contributed by atoms with E-state index in [1.54, 1.807) is 6.20 Å². The maximum absolute atomic E-state index is 12.5. The summed E-state index contributed by atoms with van der Waals surface area (Å²) in [5.74, 6) is 0.464. The second-order valence-electron chi connectivity index (χ2n) is 5.44. The first-order valence-corrected chi connectivity index (χ1v) is 7.32. The van der Waals surface area contributed by atoms with Crippen molar-refractivity contribution in [2.24, 2.45) is 4.99 Å². The quantitative estimate of drug-likeness (QED) is 0.759. The molecule has 4 rings (SSSR count). The number of pyridine rings is 1. The van der Waals surface area contributed by atoms with Crippen molar-refractivity contribution < 1.29 is 4.79 Å². The van der Waals surface area contributed by atoms with Gasteiger partial charge in [0.25, 0.3) is 5.91 Å². The number of hydrogen-bond donors (Lipinski definition) is 2. The molecule has 0 atom stereocenters. The van der Waals surface area contributed by atoms with Gasteiger partial charge in [0, 0.05) is 17.3 Å². The van der Waals surface area contributed by atoms with Crippen molar-refractivity contribution in [1.82, 2.24) is 4.98 Å². The highest BCUT2D eigenvalue weighted by atomic mass is 16.2. The Hall–Kier alpha value is -3.21. The molecule has 0 saturated carbocycles. The zero-order chi connectivity index (χ0) is 15.8. The van der Waals surface area contributed by atoms with Crippen molar-refractivity contribution in [2.45, 2.75) is 6.92 Å². The van der Waals surface area contributed by atoms with Gasteiger partial charge in [0.05, 0.1) is 5.69 Å². The minimum Gasteiger partial charge on any atom is -0.335 e. The number of carbonyl (C=O) groups excluding carboxylic acids is 1. The summed E-state index contributed by atoms with van der Waals surface area (Å²) in [5, 5.41) is 8.00. The lowest BCUT2D eigenvalue weighted by atomic mass is 10.1. The standard InChI is InChI=1S/C18H14N4O/c1-11-8-9-19-15(10-11)22-18(23)17-20-13-6-2-4-12-5-3-7-14(21-17)16(12)13/h2-10H,1H3,(H,20,21)(H,19,22,23). The highest BCUT2D eigenvalue weighted by Crippen LogP contribution is 2.35. The summed E-state index contributed by atoms with van der Waals surface area (Å²) in [6.07, 6.45) is 1.66. The molecule has 5 heteroatoms. The Labute approximate surface area is 133 Å². The lowest BCUT2D eigenvalue weighted by Gasteiger charge is -2.18. The summed E-state index contributed by atoms with van der Waals surface area (Å²) in [7, 11) is 0. The van der Waals surface area contributed by atoms with Gasteiger partial charge in [-0.05, 0) is 42.1 Å². The molecule has 5 nitrogen and oxygen atoms in total. The van der Waals surface area contributed by atoms with Gasteiger partial charge in [-0.2, -0.15) is 0 Å². The number of hydrogen-bond acceptors (Lipinski definition) is 4. The first-order valence-electron chi connectivity index (χ1n) is 7.32. The van der Waals surface area contributed by atoms with Crippen LogP contribution in [0.2, 0.25) is 0 Å². The van der Waals surface area contributed by atoms with E-state index in [4.69, 9.17) is 0 Å². The third-order valence-electron chi connectivity index (χ3n) is 3.74. The van der Waals surface area contributed by atoms with Gasteiger partial charge < -0.3 is 10.6 Å². The minimum atomic E-state index is -0.311. The second-order valence-corrected chi connectivity index (χ2v) is 5.44. The largest absolute Gasteiger partial charge is 0.335 e. The number of nitrogens with zero attached hydrogens (tertiary/aromatic N) is 2. The first kappa shape index (κ1) is 13.5. The SMILES string of the molecule is Cc1ccnc(NC(=O)C2=Nc3cccc4cccc(c34)N2)c1. The van der Waals surface area contributed by atoms with Crippen LogP contribution in [0.15, 0.2) is 59.7 Å². The van der Waals surface area contributed by atoms with Crippen molar-refractivity contribution in [2.75, 3.05) is 10.6 Å². The monoisotopic (exact) mass is 302 g/mol. The van der Waals surface area contributed by atoms with E-state index >= 15 is 0 Å². The van der Waals surface area contributed by atoms with E-state index in [1.165, 1.54) is 0 Å². The van der Waals surface area contributed by atoms with Crippen molar-refractivity contribution in [3.8, 4) is 0 Å². The molecule has 2 heterocycles. The number of aryl methyl sites for hydroxylation is 1. The molecule has 1 aliphatic heterocycles. The zero-order valence-corrected chi connectivity index (χ0v) is 12.5. The van der Waals surface area contributed by atoms with Crippen LogP contribution >= 0.6 is 0 Å². The molecule has 3 aromatic rings. The van der Waals surface area contributed by atoms with Gasteiger partial charge >= 0.3 is 0 Å². The molecule has 0 saturated heterocycles. The summed E-state index contributed by atoms with van der Waals surface area (Å²) in [6.45, 7) is 1.95. The number of anilines is 2. The molecule has 1 aliphatic rings. The Bertz CT molecular complexity index is 957. The van der Waals surface area contributed by atoms with E-state index in [2.05, 4.69) is 20.6 Å². The summed E-state index contributed by atoms with van der Waals surface area (Å²) in [6, 6.07) is 15.5. The van der Waals surface area contributed by atoms with Gasteiger partial charge in [-0.25, -0.2) is 9.98 Å². The fourth-order valence-corrected chi connectivity index (χ4v) is 2.68. The maximum atomic E-state index is 12.5. The third kappa shape index (κ3) is 2.42. The summed E-state index contributed by atoms with van der Waals surface area (Å²) < 4.78 is 0. The number of aromatic nitrogens is 1. The summed E-state index contributed by atoms with van der Waals surface area (Å²) >= 11 is 0. The molecule has 0 bridgehead atoms. The van der Waals surface area contributed by atoms with Gasteiger partial charge in [-0.15, -0.1) is 0 Å². The van der Waals surface area contributed by atoms with Crippen LogP contribution in [0.4, 0.5) is 17.2 Å². The second kappa shape index (κ2) is 5.21. The van der Waals surface area contributed by atoms with Crippen LogP contribution in [0.25, 0.3) is 10.8 Å². The number of rotatable bonds is 2. The van der Waals surface area contributed by atoms with Crippen LogP contribution in [0.3, 0.4) is 0 Å². The molecule has 2 aromatic carbocycles. The van der Waals surface area contributed by atoms with Crippen LogP contribution in [0.5, 0.6) is 0 Å². The fraction of sp³-hybridized carbons (Fsp3) is 0.0556. The lowest BCUT2D eigenvalue weighted by Crippen LogP contribution is -2.30. The molecule has 2 N–H and O–H groups in total. The number of benzene rings is 2. The van der Waals surface area contributed by atoms with E-state index in [1.807, 2.05) is 55.5 Å². The first-order chi connectivity index (χ1) is 11.2. The molecule has 0 spiro atoms. The molecular weight excluding hydrogens is 288 g/mol. The van der Waals surface area contributed by atoms with Gasteiger partial charge in [0.1, 0.15) is 5.82 Å². The van der Waals surface area contributed by atoms with E-state index in [0.29, 0.717) is 5.82 Å². The average Bonchev–Trinajstić information content (AvgIpc) is 2.55. The molecule has 1 amide bonds. The highest BCUT2D eigenvalue weighted by Gasteiger charge is 2.19. The molecule has 23 heavy (non-hydrogen) atoms. The average molecular weight is 302 g/mol. The Morgan fingerprint density at radius 2 is 1.96 bits per heavy atom. The van der Waals surface area contributed by atoms with Crippen LogP contribution < -0.4 is 10.6 Å².